The predicted octanol–water partition coefficient (Wildman–Crippen LogP) is 28.8. The second kappa shape index (κ2) is 82.8. The van der Waals surface area contributed by atoms with Crippen molar-refractivity contribution in [2.45, 2.75) is 508 Å². The van der Waals surface area contributed by atoms with Gasteiger partial charge in [0.2, 0.25) is 5.91 Å². The van der Waals surface area contributed by atoms with E-state index in [1.54, 1.807) is 0 Å². The molecule has 2 atom stereocenters. The standard InChI is InChI=1S/C87H169NO5/c1-3-5-7-9-11-13-15-17-19-21-44-49-53-57-61-65-69-73-77-81-87(92)93-82-78-74-70-66-62-58-54-50-46-43-41-39-37-35-33-31-29-27-25-23-24-26-28-30-32-34-36-38-40-42-45-48-52-56-60-64-68-72-76-80-86(91)88-84(83-89)85(90)79-75-71-67-63-59-55-51-47-22-20-18-16-14-12-10-8-6-4-2/h17,19,23-24,84-85,89-90H,3-16,18,20-22,25-83H2,1-2H3,(H,88,91)/b19-17-,24-23-. The molecule has 0 radical (unpaired) electrons. The molecule has 93 heavy (non-hydrogen) atoms. The van der Waals surface area contributed by atoms with E-state index in [2.05, 4.69) is 43.5 Å². The van der Waals surface area contributed by atoms with Crippen LogP contribution in [0.4, 0.5) is 0 Å². The van der Waals surface area contributed by atoms with E-state index in [1.165, 1.54) is 424 Å². The highest BCUT2D eigenvalue weighted by atomic mass is 16.5. The Morgan fingerprint density at radius 2 is 0.505 bits per heavy atom. The maximum Gasteiger partial charge on any atom is 0.305 e. The summed E-state index contributed by atoms with van der Waals surface area (Å²) < 4.78 is 5.52. The maximum absolute atomic E-state index is 12.6. The minimum atomic E-state index is -0.662. The topological polar surface area (TPSA) is 95.9 Å². The number of ether oxygens (including phenoxy) is 1. The van der Waals surface area contributed by atoms with E-state index in [4.69, 9.17) is 4.74 Å². The van der Waals surface area contributed by atoms with Crippen LogP contribution in [0.15, 0.2) is 24.3 Å². The molecule has 0 saturated carbocycles. The second-order valence-electron chi connectivity index (χ2n) is 29.9. The first-order chi connectivity index (χ1) is 46.0. The van der Waals surface area contributed by atoms with Gasteiger partial charge >= 0.3 is 5.97 Å². The predicted molar refractivity (Wildman–Crippen MR) is 412 cm³/mol. The summed E-state index contributed by atoms with van der Waals surface area (Å²) in [5.41, 5.74) is 0. The smallest absolute Gasteiger partial charge is 0.305 e. The highest BCUT2D eigenvalue weighted by Crippen LogP contribution is 2.21. The van der Waals surface area contributed by atoms with Gasteiger partial charge in [-0.15, -0.1) is 0 Å². The average Bonchev–Trinajstić information content (AvgIpc) is 3.68. The fraction of sp³-hybridized carbons (Fsp3) is 0.931. The van der Waals surface area contributed by atoms with Gasteiger partial charge in [-0.1, -0.05) is 430 Å². The first-order valence-electron chi connectivity index (χ1n) is 43.1. The number of hydrogen-bond acceptors (Lipinski definition) is 5. The van der Waals surface area contributed by atoms with Crippen LogP contribution in [0, 0.1) is 0 Å². The molecule has 0 aliphatic carbocycles. The van der Waals surface area contributed by atoms with Crippen molar-refractivity contribution in [2.75, 3.05) is 13.2 Å². The summed E-state index contributed by atoms with van der Waals surface area (Å²) in [6, 6.07) is -0.538. The molecule has 1 amide bonds. The fourth-order valence-corrected chi connectivity index (χ4v) is 13.9. The largest absolute Gasteiger partial charge is 0.466 e. The van der Waals surface area contributed by atoms with E-state index in [9.17, 15) is 19.8 Å². The number of amides is 1. The monoisotopic (exact) mass is 1310 g/mol. The molecule has 6 heteroatoms. The maximum atomic E-state index is 12.6. The molecule has 2 unspecified atom stereocenters. The van der Waals surface area contributed by atoms with Crippen molar-refractivity contribution in [3.8, 4) is 0 Å². The van der Waals surface area contributed by atoms with E-state index in [0.29, 0.717) is 25.9 Å². The number of aliphatic hydroxyl groups excluding tert-OH is 2. The van der Waals surface area contributed by atoms with Crippen molar-refractivity contribution < 1.29 is 24.5 Å². The van der Waals surface area contributed by atoms with Crippen molar-refractivity contribution in [1.82, 2.24) is 5.32 Å². The van der Waals surface area contributed by atoms with Crippen LogP contribution in [0.2, 0.25) is 0 Å². The Labute approximate surface area is 583 Å². The molecular formula is C87H169NO5. The number of aliphatic hydroxyl groups is 2. The Hall–Kier alpha value is -1.66. The average molecular weight is 1310 g/mol. The number of allylic oxidation sites excluding steroid dienone is 4. The van der Waals surface area contributed by atoms with Crippen molar-refractivity contribution in [2.24, 2.45) is 0 Å². The molecule has 0 aliphatic heterocycles. The van der Waals surface area contributed by atoms with Crippen molar-refractivity contribution in [3.05, 3.63) is 24.3 Å². The van der Waals surface area contributed by atoms with Crippen LogP contribution >= 0.6 is 0 Å². The van der Waals surface area contributed by atoms with E-state index in [-0.39, 0.29) is 18.5 Å². The first-order valence-corrected chi connectivity index (χ1v) is 43.1. The zero-order chi connectivity index (χ0) is 67.0. The van der Waals surface area contributed by atoms with Crippen molar-refractivity contribution in [1.29, 1.82) is 0 Å². The van der Waals surface area contributed by atoms with Gasteiger partial charge in [0.05, 0.1) is 25.4 Å². The molecule has 0 rings (SSSR count). The SMILES string of the molecule is CCCCCCCC/C=C\CCCCCCCCCCCC(=O)OCCCCCCCCCCCCCCCCCCCC/C=C\CCCCCCCCCCCCCCCCCCCC(=O)NC(CO)C(O)CCCCCCCCCCCCCCCCCCCC. The van der Waals surface area contributed by atoms with Gasteiger partial charge in [-0.05, 0) is 77.0 Å². The van der Waals surface area contributed by atoms with Gasteiger partial charge in [0.1, 0.15) is 0 Å². The van der Waals surface area contributed by atoms with Gasteiger partial charge in [-0.2, -0.15) is 0 Å². The third kappa shape index (κ3) is 79.2. The molecule has 552 valence electrons. The number of unbranched alkanes of at least 4 members (excludes halogenated alkanes) is 67. The zero-order valence-electron chi connectivity index (χ0n) is 63.5. The molecule has 0 fully saturated rings. The molecule has 0 bridgehead atoms. The minimum Gasteiger partial charge on any atom is -0.466 e. The Bertz CT molecular complexity index is 1460. The summed E-state index contributed by atoms with van der Waals surface area (Å²) in [5.74, 6) is -0.00239. The fourth-order valence-electron chi connectivity index (χ4n) is 13.9. The van der Waals surface area contributed by atoms with Gasteiger partial charge in [0.15, 0.2) is 0 Å². The number of carbonyl (C=O) groups is 2. The van der Waals surface area contributed by atoms with E-state index in [1.807, 2.05) is 0 Å². The van der Waals surface area contributed by atoms with Crippen LogP contribution in [0.1, 0.15) is 495 Å². The second-order valence-corrected chi connectivity index (χ2v) is 29.9. The molecule has 0 aromatic heterocycles. The number of hydrogen-bond donors (Lipinski definition) is 3. The molecule has 0 spiro atoms. The molecule has 0 heterocycles. The Morgan fingerprint density at radius 1 is 0.290 bits per heavy atom. The van der Waals surface area contributed by atoms with Crippen LogP contribution in [0.25, 0.3) is 0 Å². The van der Waals surface area contributed by atoms with E-state index < -0.39 is 12.1 Å². The highest BCUT2D eigenvalue weighted by Gasteiger charge is 2.20. The lowest BCUT2D eigenvalue weighted by Crippen LogP contribution is -2.45. The van der Waals surface area contributed by atoms with Gasteiger partial charge < -0.3 is 20.3 Å². The summed E-state index contributed by atoms with van der Waals surface area (Å²) in [7, 11) is 0. The highest BCUT2D eigenvalue weighted by molar-refractivity contribution is 5.76. The summed E-state index contributed by atoms with van der Waals surface area (Å²) >= 11 is 0. The van der Waals surface area contributed by atoms with Crippen molar-refractivity contribution in [3.63, 3.8) is 0 Å². The summed E-state index contributed by atoms with van der Waals surface area (Å²) in [5, 5.41) is 23.4. The summed E-state index contributed by atoms with van der Waals surface area (Å²) in [6.45, 7) is 5.01. The molecule has 0 aliphatic rings. The summed E-state index contributed by atoms with van der Waals surface area (Å²) in [4.78, 5) is 24.7. The number of nitrogens with one attached hydrogen (secondary N) is 1. The van der Waals surface area contributed by atoms with Crippen LogP contribution in [0.5, 0.6) is 0 Å². The van der Waals surface area contributed by atoms with Gasteiger partial charge in [-0.3, -0.25) is 9.59 Å². The lowest BCUT2D eigenvalue weighted by molar-refractivity contribution is -0.143. The van der Waals surface area contributed by atoms with E-state index in [0.717, 1.165) is 38.5 Å². The molecule has 0 saturated heterocycles. The van der Waals surface area contributed by atoms with Gasteiger partial charge in [-0.25, -0.2) is 0 Å². The molecule has 0 aromatic rings. The first kappa shape index (κ1) is 91.3. The van der Waals surface area contributed by atoms with E-state index >= 15 is 0 Å². The van der Waals surface area contributed by atoms with Gasteiger partial charge in [0.25, 0.3) is 0 Å². The summed E-state index contributed by atoms with van der Waals surface area (Å²) in [6.07, 6.45) is 107. The normalized spacial score (nSPS) is 12.5. The molecule has 0 aromatic carbocycles. The number of esters is 1. The lowest BCUT2D eigenvalue weighted by atomic mass is 10.0. The third-order valence-electron chi connectivity index (χ3n) is 20.5. The Morgan fingerprint density at radius 3 is 0.763 bits per heavy atom. The third-order valence-corrected chi connectivity index (χ3v) is 20.5. The number of rotatable bonds is 82. The lowest BCUT2D eigenvalue weighted by Gasteiger charge is -2.22. The number of carbonyl (C=O) groups excluding carboxylic acids is 2. The van der Waals surface area contributed by atoms with Crippen LogP contribution in [0.3, 0.4) is 0 Å². The molecule has 6 nitrogen and oxygen atoms in total. The molecular weight excluding hydrogens is 1140 g/mol. The minimum absolute atomic E-state index is 0.0232. The Balaban J connectivity index is 3.31. The van der Waals surface area contributed by atoms with Crippen molar-refractivity contribution >= 4 is 11.9 Å². The van der Waals surface area contributed by atoms with Gasteiger partial charge in [0, 0.05) is 12.8 Å². The van der Waals surface area contributed by atoms with Crippen LogP contribution in [-0.2, 0) is 14.3 Å². The Kier molecular flexibility index (Phi) is 81.3. The van der Waals surface area contributed by atoms with Crippen LogP contribution in [-0.4, -0.2) is 47.4 Å². The zero-order valence-corrected chi connectivity index (χ0v) is 63.5. The van der Waals surface area contributed by atoms with Crippen LogP contribution < -0.4 is 5.32 Å². The molecule has 3 N–H and O–H groups in total. The quantitative estimate of drug-likeness (QED) is 0.0320.